The average molecular weight is 394 g/mol. The molecule has 0 aliphatic heterocycles. The molecule has 8 heteroatoms. The minimum atomic E-state index is -3.97. The average Bonchev–Trinajstić information content (AvgIpc) is 2.68. The molecule has 2 N–H and O–H groups in total. The van der Waals surface area contributed by atoms with Gasteiger partial charge in [0, 0.05) is 18.0 Å². The molecular formula is C20H21F3N2O3. The van der Waals surface area contributed by atoms with E-state index in [4.69, 9.17) is 4.74 Å². The Bertz CT molecular complexity index is 825. The second kappa shape index (κ2) is 8.18. The lowest BCUT2D eigenvalue weighted by atomic mass is 9.79. The molecular weight excluding hydrogens is 373 g/mol. The van der Waals surface area contributed by atoms with E-state index in [2.05, 4.69) is 4.98 Å². The highest BCUT2D eigenvalue weighted by atomic mass is 19.3. The highest BCUT2D eigenvalue weighted by Crippen LogP contribution is 2.41. The summed E-state index contributed by atoms with van der Waals surface area (Å²) in [4.78, 5) is 16.1. The van der Waals surface area contributed by atoms with Crippen LogP contribution >= 0.6 is 0 Å². The molecule has 5 nitrogen and oxygen atoms in total. The lowest BCUT2D eigenvalue weighted by Crippen LogP contribution is -2.56. The van der Waals surface area contributed by atoms with Crippen molar-refractivity contribution in [1.82, 2.24) is 4.98 Å². The van der Waals surface area contributed by atoms with Crippen molar-refractivity contribution < 1.29 is 27.8 Å². The third kappa shape index (κ3) is 4.27. The van der Waals surface area contributed by atoms with Crippen molar-refractivity contribution in [2.75, 3.05) is 5.32 Å². The number of aliphatic hydroxyl groups is 1. The lowest BCUT2D eigenvalue weighted by Gasteiger charge is -2.37. The fourth-order valence-corrected chi connectivity index (χ4v) is 3.20. The Kier molecular flexibility index (Phi) is 5.88. The molecule has 150 valence electrons. The van der Waals surface area contributed by atoms with Crippen molar-refractivity contribution >= 4 is 11.6 Å². The van der Waals surface area contributed by atoms with Gasteiger partial charge >= 0.3 is 5.92 Å². The third-order valence-corrected chi connectivity index (χ3v) is 4.84. The Morgan fingerprint density at radius 1 is 1.21 bits per heavy atom. The molecule has 0 bridgehead atoms. The zero-order valence-electron chi connectivity index (χ0n) is 15.1. The Labute approximate surface area is 160 Å². The van der Waals surface area contributed by atoms with Gasteiger partial charge in [-0.15, -0.1) is 0 Å². The molecule has 0 saturated heterocycles. The number of halogens is 3. The number of benzene rings is 1. The van der Waals surface area contributed by atoms with Crippen molar-refractivity contribution in [1.29, 1.82) is 0 Å². The Hall–Kier alpha value is -2.61. The summed E-state index contributed by atoms with van der Waals surface area (Å²) in [5.41, 5.74) is -1.92. The Balaban J connectivity index is 1.65. The fourth-order valence-electron chi connectivity index (χ4n) is 3.20. The number of carbonyl (C=O) groups excluding carboxylic acids is 1. The van der Waals surface area contributed by atoms with E-state index >= 15 is 0 Å². The van der Waals surface area contributed by atoms with Crippen molar-refractivity contribution in [3.63, 3.8) is 0 Å². The van der Waals surface area contributed by atoms with E-state index in [1.807, 2.05) is 5.32 Å². The molecule has 0 unspecified atom stereocenters. The highest BCUT2D eigenvalue weighted by molar-refractivity contribution is 5.97. The number of carbonyl (C=O) groups is 1. The summed E-state index contributed by atoms with van der Waals surface area (Å²) < 4.78 is 48.5. The van der Waals surface area contributed by atoms with Crippen LogP contribution in [-0.4, -0.2) is 27.5 Å². The number of pyridine rings is 1. The Morgan fingerprint density at radius 3 is 2.61 bits per heavy atom. The van der Waals surface area contributed by atoms with Crippen molar-refractivity contribution in [2.45, 2.75) is 50.2 Å². The maximum atomic E-state index is 14.5. The van der Waals surface area contributed by atoms with Crippen LogP contribution in [0.15, 0.2) is 42.6 Å². The number of hydrogen-bond acceptors (Lipinski definition) is 4. The molecule has 1 fully saturated rings. The van der Waals surface area contributed by atoms with Gasteiger partial charge in [0.05, 0.1) is 5.69 Å². The first-order valence-corrected chi connectivity index (χ1v) is 9.06. The van der Waals surface area contributed by atoms with Crippen LogP contribution in [0.3, 0.4) is 0 Å². The van der Waals surface area contributed by atoms with E-state index in [0.29, 0.717) is 18.5 Å². The molecule has 28 heavy (non-hydrogen) atoms. The largest absolute Gasteiger partial charge is 0.484 e. The van der Waals surface area contributed by atoms with Gasteiger partial charge in [0.2, 0.25) is 0 Å². The van der Waals surface area contributed by atoms with E-state index in [0.717, 1.165) is 12.5 Å². The van der Waals surface area contributed by atoms with Crippen LogP contribution in [0.1, 0.15) is 37.8 Å². The number of rotatable bonds is 6. The normalized spacial score (nSPS) is 16.4. The third-order valence-electron chi connectivity index (χ3n) is 4.84. The van der Waals surface area contributed by atoms with Crippen LogP contribution in [-0.2, 0) is 11.4 Å². The predicted octanol–water partition coefficient (Wildman–Crippen LogP) is 4.07. The summed E-state index contributed by atoms with van der Waals surface area (Å²) in [6, 6.07) is 8.61. The molecule has 1 saturated carbocycles. The van der Waals surface area contributed by atoms with Crippen LogP contribution in [0.5, 0.6) is 5.75 Å². The number of hydrogen-bond donors (Lipinski definition) is 2. The number of aromatic nitrogens is 1. The minimum absolute atomic E-state index is 0.0363. The van der Waals surface area contributed by atoms with E-state index < -0.39 is 23.2 Å². The summed E-state index contributed by atoms with van der Waals surface area (Å²) >= 11 is 0. The number of ether oxygens (including phenoxy) is 1. The first-order valence-electron chi connectivity index (χ1n) is 9.06. The zero-order valence-corrected chi connectivity index (χ0v) is 15.1. The van der Waals surface area contributed by atoms with Gasteiger partial charge in [0.25, 0.3) is 5.91 Å². The van der Waals surface area contributed by atoms with Crippen LogP contribution in [0.4, 0.5) is 18.9 Å². The quantitative estimate of drug-likeness (QED) is 0.775. The van der Waals surface area contributed by atoms with E-state index in [-0.39, 0.29) is 30.9 Å². The molecule has 3 rings (SSSR count). The standard InChI is InChI=1S/C20H21F3N2O3/c21-16-12-14(7-8-17(16)28-13-15-6-2-5-11-24-15)25-18(26)20(22,23)19(27)9-3-1-4-10-19/h2,5-8,11-12,27H,1,3-4,9-10,13H2,(H,25,26). The zero-order chi connectivity index (χ0) is 20.2. The van der Waals surface area contributed by atoms with Gasteiger partial charge in [0.15, 0.2) is 11.6 Å². The number of anilines is 1. The molecule has 1 aliphatic rings. The predicted molar refractivity (Wildman–Crippen MR) is 96.6 cm³/mol. The SMILES string of the molecule is O=C(Nc1ccc(OCc2ccccn2)c(F)c1)C(F)(F)C1(O)CCCCC1. The molecule has 0 radical (unpaired) electrons. The maximum Gasteiger partial charge on any atom is 0.352 e. The van der Waals surface area contributed by atoms with Gasteiger partial charge in [-0.05, 0) is 37.1 Å². The molecule has 1 heterocycles. The first kappa shape index (κ1) is 20.1. The molecule has 1 aliphatic carbocycles. The van der Waals surface area contributed by atoms with Gasteiger partial charge in [-0.25, -0.2) is 4.39 Å². The number of amides is 1. The molecule has 1 aromatic carbocycles. The smallest absolute Gasteiger partial charge is 0.352 e. The number of alkyl halides is 2. The summed E-state index contributed by atoms with van der Waals surface area (Å²) in [5, 5.41) is 12.2. The summed E-state index contributed by atoms with van der Waals surface area (Å²) in [7, 11) is 0. The summed E-state index contributed by atoms with van der Waals surface area (Å²) in [5.74, 6) is -6.54. The fraction of sp³-hybridized carbons (Fsp3) is 0.400. The molecule has 2 aromatic rings. The first-order chi connectivity index (χ1) is 13.3. The van der Waals surface area contributed by atoms with Gasteiger partial charge in [-0.3, -0.25) is 9.78 Å². The number of nitrogens with one attached hydrogen (secondary N) is 1. The molecule has 0 spiro atoms. The van der Waals surface area contributed by atoms with Crippen LogP contribution in [0.25, 0.3) is 0 Å². The monoisotopic (exact) mass is 394 g/mol. The second-order valence-corrected chi connectivity index (χ2v) is 6.88. The molecule has 0 atom stereocenters. The summed E-state index contributed by atoms with van der Waals surface area (Å²) in [6.45, 7) is 0.0363. The maximum absolute atomic E-state index is 14.5. The van der Waals surface area contributed by atoms with Crippen molar-refractivity contribution in [2.24, 2.45) is 0 Å². The topological polar surface area (TPSA) is 71.5 Å². The lowest BCUT2D eigenvalue weighted by molar-refractivity contribution is -0.196. The Morgan fingerprint density at radius 2 is 1.96 bits per heavy atom. The van der Waals surface area contributed by atoms with E-state index in [1.165, 1.54) is 12.1 Å². The molecule has 1 amide bonds. The second-order valence-electron chi connectivity index (χ2n) is 6.88. The van der Waals surface area contributed by atoms with Crippen LogP contribution in [0, 0.1) is 5.82 Å². The van der Waals surface area contributed by atoms with Crippen LogP contribution < -0.4 is 10.1 Å². The summed E-state index contributed by atoms with van der Waals surface area (Å²) in [6.07, 6.45) is 2.87. The number of nitrogens with zero attached hydrogens (tertiary/aromatic N) is 1. The van der Waals surface area contributed by atoms with Crippen molar-refractivity contribution in [3.05, 3.63) is 54.1 Å². The van der Waals surface area contributed by atoms with E-state index in [1.54, 1.807) is 24.4 Å². The minimum Gasteiger partial charge on any atom is -0.484 e. The highest BCUT2D eigenvalue weighted by Gasteiger charge is 2.58. The van der Waals surface area contributed by atoms with Crippen molar-refractivity contribution in [3.8, 4) is 5.75 Å². The molecule has 1 aromatic heterocycles. The van der Waals surface area contributed by atoms with Gasteiger partial charge in [-0.2, -0.15) is 8.78 Å². The van der Waals surface area contributed by atoms with Gasteiger partial charge in [-0.1, -0.05) is 25.3 Å². The van der Waals surface area contributed by atoms with Gasteiger partial charge < -0.3 is 15.2 Å². The van der Waals surface area contributed by atoms with Gasteiger partial charge in [0.1, 0.15) is 12.2 Å². The van der Waals surface area contributed by atoms with E-state index in [9.17, 15) is 23.1 Å². The van der Waals surface area contributed by atoms with Crippen LogP contribution in [0.2, 0.25) is 0 Å².